The fraction of sp³-hybridized carbons (Fsp3) is 0.231. The van der Waals surface area contributed by atoms with Crippen molar-refractivity contribution in [2.24, 2.45) is 0 Å². The number of aryl methyl sites for hydroxylation is 1. The van der Waals surface area contributed by atoms with Gasteiger partial charge in [0.25, 0.3) is 0 Å². The molecule has 1 aromatic heterocycles. The number of aromatic nitrogens is 2. The Labute approximate surface area is 109 Å². The van der Waals surface area contributed by atoms with Gasteiger partial charge < -0.3 is 0 Å². The SMILES string of the molecule is CCc1nc(Cl)c(C)c(-c2cc(F)cc(F)c2)n1. The first-order chi connectivity index (χ1) is 8.51. The highest BCUT2D eigenvalue weighted by Gasteiger charge is 2.12. The lowest BCUT2D eigenvalue weighted by atomic mass is 10.1. The van der Waals surface area contributed by atoms with Gasteiger partial charge in [0.05, 0.1) is 5.69 Å². The van der Waals surface area contributed by atoms with Gasteiger partial charge in [0.2, 0.25) is 0 Å². The van der Waals surface area contributed by atoms with Crippen molar-refractivity contribution >= 4 is 11.6 Å². The second-order valence-electron chi connectivity index (χ2n) is 3.92. The Balaban J connectivity index is 2.65. The largest absolute Gasteiger partial charge is 0.233 e. The maximum absolute atomic E-state index is 13.2. The van der Waals surface area contributed by atoms with Crippen LogP contribution in [0.15, 0.2) is 18.2 Å². The monoisotopic (exact) mass is 268 g/mol. The van der Waals surface area contributed by atoms with Crippen LogP contribution in [0, 0.1) is 18.6 Å². The van der Waals surface area contributed by atoms with Crippen LogP contribution in [0.2, 0.25) is 5.15 Å². The van der Waals surface area contributed by atoms with Crippen molar-refractivity contribution in [3.05, 3.63) is 46.4 Å². The van der Waals surface area contributed by atoms with Crippen LogP contribution < -0.4 is 0 Å². The van der Waals surface area contributed by atoms with Crippen molar-refractivity contribution < 1.29 is 8.78 Å². The highest BCUT2D eigenvalue weighted by molar-refractivity contribution is 6.30. The third kappa shape index (κ3) is 2.48. The predicted octanol–water partition coefficient (Wildman–Crippen LogP) is 3.95. The summed E-state index contributed by atoms with van der Waals surface area (Å²) in [4.78, 5) is 8.36. The minimum Gasteiger partial charge on any atom is -0.233 e. The molecular weight excluding hydrogens is 258 g/mol. The highest BCUT2D eigenvalue weighted by atomic mass is 35.5. The average molecular weight is 269 g/mol. The van der Waals surface area contributed by atoms with Crippen molar-refractivity contribution in [2.45, 2.75) is 20.3 Å². The lowest BCUT2D eigenvalue weighted by Crippen LogP contribution is -2.00. The second kappa shape index (κ2) is 4.98. The normalized spacial score (nSPS) is 10.7. The Bertz CT molecular complexity index is 580. The molecule has 5 heteroatoms. The lowest BCUT2D eigenvalue weighted by molar-refractivity contribution is 0.584. The number of rotatable bonds is 2. The van der Waals surface area contributed by atoms with Crippen LogP contribution in [0.1, 0.15) is 18.3 Å². The molecule has 2 rings (SSSR count). The second-order valence-corrected chi connectivity index (χ2v) is 4.27. The summed E-state index contributed by atoms with van der Waals surface area (Å²) in [6.45, 7) is 3.61. The molecule has 0 aliphatic heterocycles. The molecule has 0 saturated carbocycles. The molecule has 18 heavy (non-hydrogen) atoms. The fourth-order valence-electron chi connectivity index (χ4n) is 1.66. The van der Waals surface area contributed by atoms with Crippen LogP contribution in [0.4, 0.5) is 8.78 Å². The summed E-state index contributed by atoms with van der Waals surface area (Å²) in [5.41, 5.74) is 1.44. The summed E-state index contributed by atoms with van der Waals surface area (Å²) < 4.78 is 26.4. The predicted molar refractivity (Wildman–Crippen MR) is 66.5 cm³/mol. The van der Waals surface area contributed by atoms with Gasteiger partial charge in [0.15, 0.2) is 0 Å². The van der Waals surface area contributed by atoms with E-state index in [9.17, 15) is 8.78 Å². The zero-order valence-corrected chi connectivity index (χ0v) is 10.7. The van der Waals surface area contributed by atoms with Crippen LogP contribution >= 0.6 is 11.6 Å². The van der Waals surface area contributed by atoms with Gasteiger partial charge in [-0.15, -0.1) is 0 Å². The fourth-order valence-corrected chi connectivity index (χ4v) is 1.85. The van der Waals surface area contributed by atoms with E-state index in [0.29, 0.717) is 34.2 Å². The van der Waals surface area contributed by atoms with E-state index in [0.717, 1.165) is 6.07 Å². The molecule has 0 atom stereocenters. The third-order valence-electron chi connectivity index (χ3n) is 2.58. The van der Waals surface area contributed by atoms with Crippen molar-refractivity contribution in [3.63, 3.8) is 0 Å². The molecule has 0 radical (unpaired) electrons. The Morgan fingerprint density at radius 3 is 2.28 bits per heavy atom. The summed E-state index contributed by atoms with van der Waals surface area (Å²) in [6.07, 6.45) is 0.602. The summed E-state index contributed by atoms with van der Waals surface area (Å²) >= 11 is 5.99. The van der Waals surface area contributed by atoms with Crippen LogP contribution in [-0.4, -0.2) is 9.97 Å². The summed E-state index contributed by atoms with van der Waals surface area (Å²) in [5.74, 6) is -0.736. The molecule has 0 N–H and O–H groups in total. The van der Waals surface area contributed by atoms with Gasteiger partial charge in [0, 0.05) is 23.6 Å². The van der Waals surface area contributed by atoms with Crippen LogP contribution in [0.5, 0.6) is 0 Å². The zero-order valence-electron chi connectivity index (χ0n) is 9.97. The topological polar surface area (TPSA) is 25.8 Å². The molecule has 1 aromatic carbocycles. The number of hydrogen-bond donors (Lipinski definition) is 0. The smallest absolute Gasteiger partial charge is 0.136 e. The minimum absolute atomic E-state index is 0.307. The molecule has 1 heterocycles. The van der Waals surface area contributed by atoms with Gasteiger partial charge in [-0.25, -0.2) is 18.7 Å². The quantitative estimate of drug-likeness (QED) is 0.771. The Kier molecular flexibility index (Phi) is 3.57. The van der Waals surface area contributed by atoms with Gasteiger partial charge in [-0.2, -0.15) is 0 Å². The Morgan fingerprint density at radius 1 is 1.11 bits per heavy atom. The molecule has 2 nitrogen and oxygen atoms in total. The molecule has 0 saturated heterocycles. The van der Waals surface area contributed by atoms with Crippen molar-refractivity contribution in [1.29, 1.82) is 0 Å². The van der Waals surface area contributed by atoms with Crippen molar-refractivity contribution in [1.82, 2.24) is 9.97 Å². The number of hydrogen-bond acceptors (Lipinski definition) is 2. The molecule has 0 amide bonds. The van der Waals surface area contributed by atoms with Crippen LogP contribution in [-0.2, 0) is 6.42 Å². The standard InChI is InChI=1S/C13H11ClF2N2/c1-3-11-17-12(7(2)13(14)18-11)8-4-9(15)6-10(16)5-8/h4-6H,3H2,1-2H3. The van der Waals surface area contributed by atoms with Gasteiger partial charge >= 0.3 is 0 Å². The van der Waals surface area contributed by atoms with E-state index in [1.165, 1.54) is 12.1 Å². The molecule has 94 valence electrons. The molecule has 2 aromatic rings. The Hall–Kier alpha value is -1.55. The van der Waals surface area contributed by atoms with Crippen LogP contribution in [0.3, 0.4) is 0 Å². The number of halogens is 3. The molecule has 0 unspecified atom stereocenters. The summed E-state index contributed by atoms with van der Waals surface area (Å²) in [5, 5.41) is 0.307. The van der Waals surface area contributed by atoms with E-state index < -0.39 is 11.6 Å². The number of nitrogens with zero attached hydrogens (tertiary/aromatic N) is 2. The summed E-state index contributed by atoms with van der Waals surface area (Å²) in [7, 11) is 0. The highest BCUT2D eigenvalue weighted by Crippen LogP contribution is 2.27. The van der Waals surface area contributed by atoms with E-state index in [4.69, 9.17) is 11.6 Å². The van der Waals surface area contributed by atoms with Gasteiger partial charge in [-0.1, -0.05) is 18.5 Å². The van der Waals surface area contributed by atoms with E-state index in [-0.39, 0.29) is 0 Å². The van der Waals surface area contributed by atoms with Gasteiger partial charge in [-0.05, 0) is 19.1 Å². The van der Waals surface area contributed by atoms with E-state index in [2.05, 4.69) is 9.97 Å². The van der Waals surface area contributed by atoms with Crippen molar-refractivity contribution in [3.8, 4) is 11.3 Å². The van der Waals surface area contributed by atoms with Gasteiger partial charge in [0.1, 0.15) is 22.6 Å². The van der Waals surface area contributed by atoms with E-state index >= 15 is 0 Å². The first-order valence-electron chi connectivity index (χ1n) is 5.50. The number of benzene rings is 1. The van der Waals surface area contributed by atoms with E-state index in [1.54, 1.807) is 6.92 Å². The zero-order chi connectivity index (χ0) is 13.3. The van der Waals surface area contributed by atoms with Crippen LogP contribution in [0.25, 0.3) is 11.3 Å². The lowest BCUT2D eigenvalue weighted by Gasteiger charge is -2.09. The van der Waals surface area contributed by atoms with E-state index in [1.807, 2.05) is 6.92 Å². The molecule has 0 fully saturated rings. The minimum atomic E-state index is -0.641. The molecule has 0 spiro atoms. The molecule has 0 bridgehead atoms. The first kappa shape index (κ1) is 12.9. The average Bonchev–Trinajstić information content (AvgIpc) is 2.31. The van der Waals surface area contributed by atoms with Gasteiger partial charge in [-0.3, -0.25) is 0 Å². The maximum atomic E-state index is 13.2. The molecular formula is C13H11ClF2N2. The third-order valence-corrected chi connectivity index (χ3v) is 2.95. The first-order valence-corrected chi connectivity index (χ1v) is 5.88. The molecule has 0 aliphatic rings. The summed E-state index contributed by atoms with van der Waals surface area (Å²) in [6, 6.07) is 3.28. The molecule has 0 aliphatic carbocycles. The van der Waals surface area contributed by atoms with Crippen molar-refractivity contribution in [2.75, 3.05) is 0 Å². The Morgan fingerprint density at radius 2 is 1.72 bits per heavy atom. The maximum Gasteiger partial charge on any atom is 0.136 e.